The SMILES string of the molecule is Cc1cc(NC(=O)NCCN2CCC(CC(N)=O)CC2)cc(C)n1. The van der Waals surface area contributed by atoms with Crippen molar-refractivity contribution >= 4 is 17.6 Å². The van der Waals surface area contributed by atoms with Crippen LogP contribution >= 0.6 is 0 Å². The number of hydrogen-bond donors (Lipinski definition) is 3. The van der Waals surface area contributed by atoms with Crippen LogP contribution in [0.2, 0.25) is 0 Å². The molecule has 0 unspecified atom stereocenters. The lowest BCUT2D eigenvalue weighted by Crippen LogP contribution is -2.41. The number of carbonyl (C=O) groups excluding carboxylic acids is 2. The summed E-state index contributed by atoms with van der Waals surface area (Å²) in [5, 5.41) is 5.70. The van der Waals surface area contributed by atoms with Gasteiger partial charge in [-0.15, -0.1) is 0 Å². The molecule has 0 aromatic carbocycles. The second-order valence-corrected chi connectivity index (χ2v) is 6.47. The molecule has 1 aromatic heterocycles. The lowest BCUT2D eigenvalue weighted by molar-refractivity contribution is -0.119. The number of likely N-dealkylation sites (tertiary alicyclic amines) is 1. The number of anilines is 1. The normalized spacial score (nSPS) is 15.9. The lowest BCUT2D eigenvalue weighted by atomic mass is 9.93. The van der Waals surface area contributed by atoms with Gasteiger partial charge in [-0.1, -0.05) is 0 Å². The number of aryl methyl sites for hydroxylation is 2. The quantitative estimate of drug-likeness (QED) is 0.732. The van der Waals surface area contributed by atoms with Gasteiger partial charge in [0.15, 0.2) is 0 Å². The Morgan fingerprint density at radius 1 is 1.25 bits per heavy atom. The number of hydrogen-bond acceptors (Lipinski definition) is 4. The fraction of sp³-hybridized carbons (Fsp3) is 0.588. The molecule has 1 fully saturated rings. The number of amides is 3. The molecule has 0 radical (unpaired) electrons. The van der Waals surface area contributed by atoms with Gasteiger partial charge in [-0.05, 0) is 57.8 Å². The molecule has 0 aliphatic carbocycles. The highest BCUT2D eigenvalue weighted by Crippen LogP contribution is 2.19. The molecule has 7 heteroatoms. The zero-order chi connectivity index (χ0) is 17.5. The van der Waals surface area contributed by atoms with Gasteiger partial charge in [-0.2, -0.15) is 0 Å². The summed E-state index contributed by atoms with van der Waals surface area (Å²) < 4.78 is 0. The van der Waals surface area contributed by atoms with Crippen LogP contribution in [-0.4, -0.2) is 48.0 Å². The molecule has 0 bridgehead atoms. The van der Waals surface area contributed by atoms with E-state index in [-0.39, 0.29) is 11.9 Å². The van der Waals surface area contributed by atoms with E-state index >= 15 is 0 Å². The van der Waals surface area contributed by atoms with E-state index in [1.54, 1.807) is 0 Å². The molecular weight excluding hydrogens is 306 g/mol. The van der Waals surface area contributed by atoms with Gasteiger partial charge in [0.05, 0.1) is 0 Å². The van der Waals surface area contributed by atoms with Crippen LogP contribution in [-0.2, 0) is 4.79 Å². The number of urea groups is 1. The topological polar surface area (TPSA) is 100 Å². The summed E-state index contributed by atoms with van der Waals surface area (Å²) in [6.45, 7) is 7.10. The summed E-state index contributed by atoms with van der Waals surface area (Å²) >= 11 is 0. The Morgan fingerprint density at radius 2 is 1.88 bits per heavy atom. The largest absolute Gasteiger partial charge is 0.370 e. The standard InChI is InChI=1S/C17H27N5O2/c1-12-9-15(10-13(2)20-12)21-17(24)19-5-8-22-6-3-14(4-7-22)11-16(18)23/h9-10,14H,3-8,11H2,1-2H3,(H2,18,23)(H2,19,20,21,24). The minimum absolute atomic E-state index is 0.205. The first-order valence-corrected chi connectivity index (χ1v) is 8.43. The summed E-state index contributed by atoms with van der Waals surface area (Å²) in [6, 6.07) is 3.48. The molecule has 132 valence electrons. The minimum Gasteiger partial charge on any atom is -0.370 e. The number of pyridine rings is 1. The van der Waals surface area contributed by atoms with E-state index in [2.05, 4.69) is 20.5 Å². The van der Waals surface area contributed by atoms with Crippen molar-refractivity contribution in [1.82, 2.24) is 15.2 Å². The number of carbonyl (C=O) groups is 2. The fourth-order valence-electron chi connectivity index (χ4n) is 3.11. The number of primary amides is 1. The van der Waals surface area contributed by atoms with Crippen LogP contribution in [0.1, 0.15) is 30.7 Å². The minimum atomic E-state index is -0.214. The fourth-order valence-corrected chi connectivity index (χ4v) is 3.11. The highest BCUT2D eigenvalue weighted by Gasteiger charge is 2.20. The number of nitrogens with two attached hydrogens (primary N) is 1. The monoisotopic (exact) mass is 333 g/mol. The smallest absolute Gasteiger partial charge is 0.319 e. The molecule has 1 aromatic rings. The molecule has 7 nitrogen and oxygen atoms in total. The van der Waals surface area contributed by atoms with Gasteiger partial charge >= 0.3 is 6.03 Å². The molecule has 4 N–H and O–H groups in total. The summed E-state index contributed by atoms with van der Waals surface area (Å²) in [7, 11) is 0. The second kappa shape index (κ2) is 8.63. The first kappa shape index (κ1) is 18.2. The van der Waals surface area contributed by atoms with E-state index < -0.39 is 0 Å². The third-order valence-corrected chi connectivity index (χ3v) is 4.25. The van der Waals surface area contributed by atoms with Crippen LogP contribution in [0.25, 0.3) is 0 Å². The maximum absolute atomic E-state index is 11.9. The van der Waals surface area contributed by atoms with E-state index in [9.17, 15) is 9.59 Å². The molecule has 0 saturated carbocycles. The van der Waals surface area contributed by atoms with Crippen molar-refractivity contribution < 1.29 is 9.59 Å². The van der Waals surface area contributed by atoms with Crippen molar-refractivity contribution in [1.29, 1.82) is 0 Å². The molecule has 0 atom stereocenters. The second-order valence-electron chi connectivity index (χ2n) is 6.47. The van der Waals surface area contributed by atoms with Crippen molar-refractivity contribution in [3.05, 3.63) is 23.5 Å². The van der Waals surface area contributed by atoms with E-state index in [4.69, 9.17) is 5.73 Å². The van der Waals surface area contributed by atoms with E-state index in [0.717, 1.165) is 49.6 Å². The third kappa shape index (κ3) is 6.16. The number of rotatable bonds is 6. The average molecular weight is 333 g/mol. The number of aromatic nitrogens is 1. The van der Waals surface area contributed by atoms with Crippen molar-refractivity contribution in [3.63, 3.8) is 0 Å². The van der Waals surface area contributed by atoms with Gasteiger partial charge < -0.3 is 21.3 Å². The van der Waals surface area contributed by atoms with Crippen molar-refractivity contribution in [3.8, 4) is 0 Å². The predicted molar refractivity (Wildman–Crippen MR) is 93.7 cm³/mol. The molecular formula is C17H27N5O2. The van der Waals surface area contributed by atoms with Crippen molar-refractivity contribution in [2.24, 2.45) is 11.7 Å². The Hall–Kier alpha value is -2.15. The first-order valence-electron chi connectivity index (χ1n) is 8.43. The van der Waals surface area contributed by atoms with Crippen molar-refractivity contribution in [2.45, 2.75) is 33.1 Å². The summed E-state index contributed by atoms with van der Waals surface area (Å²) in [5.41, 5.74) is 7.75. The van der Waals surface area contributed by atoms with Crippen LogP contribution < -0.4 is 16.4 Å². The summed E-state index contributed by atoms with van der Waals surface area (Å²) in [6.07, 6.45) is 2.47. The Kier molecular flexibility index (Phi) is 6.54. The number of nitrogens with one attached hydrogen (secondary N) is 2. The average Bonchev–Trinajstić information content (AvgIpc) is 2.47. The highest BCUT2D eigenvalue weighted by molar-refractivity contribution is 5.89. The molecule has 2 rings (SSSR count). The summed E-state index contributed by atoms with van der Waals surface area (Å²) in [5.74, 6) is 0.196. The Labute approximate surface area is 143 Å². The van der Waals surface area contributed by atoms with Crippen LogP contribution in [0, 0.1) is 19.8 Å². The van der Waals surface area contributed by atoms with E-state index in [1.807, 2.05) is 26.0 Å². The maximum Gasteiger partial charge on any atom is 0.319 e. The number of nitrogens with zero attached hydrogens (tertiary/aromatic N) is 2. The predicted octanol–water partition coefficient (Wildman–Crippen LogP) is 1.41. The maximum atomic E-state index is 11.9. The molecule has 0 spiro atoms. The molecule has 1 aliphatic heterocycles. The van der Waals surface area contributed by atoms with Gasteiger partial charge in [0.25, 0.3) is 0 Å². The zero-order valence-electron chi connectivity index (χ0n) is 14.5. The van der Waals surface area contributed by atoms with Crippen LogP contribution in [0.4, 0.5) is 10.5 Å². The molecule has 1 saturated heterocycles. The molecule has 24 heavy (non-hydrogen) atoms. The van der Waals surface area contributed by atoms with Crippen LogP contribution in [0.3, 0.4) is 0 Å². The lowest BCUT2D eigenvalue weighted by Gasteiger charge is -2.31. The Balaban J connectivity index is 1.65. The van der Waals surface area contributed by atoms with Gasteiger partial charge in [-0.25, -0.2) is 4.79 Å². The first-order chi connectivity index (χ1) is 11.4. The van der Waals surface area contributed by atoms with E-state index in [0.29, 0.717) is 18.9 Å². The van der Waals surface area contributed by atoms with E-state index in [1.165, 1.54) is 0 Å². The van der Waals surface area contributed by atoms with Gasteiger partial charge in [-0.3, -0.25) is 9.78 Å². The molecule has 3 amide bonds. The molecule has 1 aliphatic rings. The van der Waals surface area contributed by atoms with Crippen LogP contribution in [0.5, 0.6) is 0 Å². The van der Waals surface area contributed by atoms with Gasteiger partial charge in [0.1, 0.15) is 0 Å². The zero-order valence-corrected chi connectivity index (χ0v) is 14.5. The van der Waals surface area contributed by atoms with Gasteiger partial charge in [0, 0.05) is 36.6 Å². The highest BCUT2D eigenvalue weighted by atomic mass is 16.2. The van der Waals surface area contributed by atoms with Gasteiger partial charge in [0.2, 0.25) is 5.91 Å². The van der Waals surface area contributed by atoms with Crippen LogP contribution in [0.15, 0.2) is 12.1 Å². The number of piperidine rings is 1. The summed E-state index contributed by atoms with van der Waals surface area (Å²) in [4.78, 5) is 29.5. The molecule has 2 heterocycles. The Bertz CT molecular complexity index is 562. The Morgan fingerprint density at radius 3 is 2.46 bits per heavy atom. The van der Waals surface area contributed by atoms with Crippen molar-refractivity contribution in [2.75, 3.05) is 31.5 Å². The third-order valence-electron chi connectivity index (χ3n) is 4.25.